The summed E-state index contributed by atoms with van der Waals surface area (Å²) < 4.78 is 0. The lowest BCUT2D eigenvalue weighted by atomic mass is 9.89. The van der Waals surface area contributed by atoms with Crippen molar-refractivity contribution in [2.75, 3.05) is 0 Å². The van der Waals surface area contributed by atoms with Crippen molar-refractivity contribution < 1.29 is 30.0 Å². The Kier molecular flexibility index (Phi) is 5.58. The second-order valence-electron chi connectivity index (χ2n) is 6.79. The van der Waals surface area contributed by atoms with Crippen molar-refractivity contribution in [3.8, 4) is 23.0 Å². The van der Waals surface area contributed by atoms with Gasteiger partial charge in [-0.1, -0.05) is 25.0 Å². The van der Waals surface area contributed by atoms with E-state index in [0.29, 0.717) is 12.8 Å². The summed E-state index contributed by atoms with van der Waals surface area (Å²) in [6, 6.07) is 7.48. The Labute approximate surface area is 161 Å². The van der Waals surface area contributed by atoms with Crippen molar-refractivity contribution in [3.63, 3.8) is 0 Å². The van der Waals surface area contributed by atoms with E-state index in [1.807, 2.05) is 0 Å². The minimum atomic E-state index is -0.556. The maximum absolute atomic E-state index is 12.5. The zero-order valence-electron chi connectivity index (χ0n) is 15.1. The van der Waals surface area contributed by atoms with Crippen LogP contribution < -0.4 is 10.6 Å². The number of para-hydroxylation sites is 2. The van der Waals surface area contributed by atoms with E-state index >= 15 is 0 Å². The summed E-state index contributed by atoms with van der Waals surface area (Å²) in [5.41, 5.74) is -0.109. The van der Waals surface area contributed by atoms with Crippen molar-refractivity contribution in [1.29, 1.82) is 0 Å². The third-order valence-corrected chi connectivity index (χ3v) is 4.92. The molecule has 8 nitrogen and oxygen atoms in total. The van der Waals surface area contributed by atoms with Crippen LogP contribution in [0.3, 0.4) is 0 Å². The van der Waals surface area contributed by atoms with Crippen LogP contribution in [0.1, 0.15) is 46.4 Å². The molecule has 28 heavy (non-hydrogen) atoms. The van der Waals surface area contributed by atoms with Crippen LogP contribution in [-0.2, 0) is 0 Å². The molecule has 148 valence electrons. The molecular weight excluding hydrogens is 364 g/mol. The molecule has 2 atom stereocenters. The highest BCUT2D eigenvalue weighted by Gasteiger charge is 2.30. The molecule has 0 bridgehead atoms. The first-order valence-corrected chi connectivity index (χ1v) is 9.02. The lowest BCUT2D eigenvalue weighted by Gasteiger charge is -2.33. The third-order valence-electron chi connectivity index (χ3n) is 4.92. The monoisotopic (exact) mass is 386 g/mol. The van der Waals surface area contributed by atoms with E-state index in [0.717, 1.165) is 12.8 Å². The van der Waals surface area contributed by atoms with Crippen molar-refractivity contribution in [1.82, 2.24) is 10.6 Å². The van der Waals surface area contributed by atoms with Gasteiger partial charge in [-0.25, -0.2) is 0 Å². The first-order valence-electron chi connectivity index (χ1n) is 9.02. The van der Waals surface area contributed by atoms with Crippen LogP contribution in [0.2, 0.25) is 0 Å². The molecule has 2 aromatic rings. The van der Waals surface area contributed by atoms with Gasteiger partial charge >= 0.3 is 0 Å². The van der Waals surface area contributed by atoms with Gasteiger partial charge in [0.15, 0.2) is 23.0 Å². The van der Waals surface area contributed by atoms with Gasteiger partial charge in [-0.3, -0.25) is 9.59 Å². The molecule has 1 saturated carbocycles. The van der Waals surface area contributed by atoms with Crippen LogP contribution in [0.5, 0.6) is 23.0 Å². The van der Waals surface area contributed by atoms with Gasteiger partial charge in [0.2, 0.25) is 0 Å². The van der Waals surface area contributed by atoms with Crippen LogP contribution >= 0.6 is 0 Å². The fourth-order valence-electron chi connectivity index (χ4n) is 3.40. The van der Waals surface area contributed by atoms with Gasteiger partial charge in [-0.2, -0.15) is 0 Å². The fraction of sp³-hybridized carbons (Fsp3) is 0.300. The van der Waals surface area contributed by atoms with Crippen LogP contribution in [-0.4, -0.2) is 44.3 Å². The fourth-order valence-corrected chi connectivity index (χ4v) is 3.40. The maximum Gasteiger partial charge on any atom is 0.255 e. The molecule has 0 aliphatic heterocycles. The average Bonchev–Trinajstić information content (AvgIpc) is 2.67. The lowest BCUT2D eigenvalue weighted by Crippen LogP contribution is -2.53. The Morgan fingerprint density at radius 2 is 1.11 bits per heavy atom. The molecule has 0 spiro atoms. The van der Waals surface area contributed by atoms with Crippen LogP contribution in [0, 0.1) is 0 Å². The van der Waals surface area contributed by atoms with Crippen molar-refractivity contribution in [3.05, 3.63) is 47.5 Å². The normalized spacial score (nSPS) is 19.0. The summed E-state index contributed by atoms with van der Waals surface area (Å²) in [6.07, 6.45) is 2.98. The van der Waals surface area contributed by atoms with E-state index in [9.17, 15) is 30.0 Å². The Balaban J connectivity index is 1.73. The molecule has 3 rings (SSSR count). The largest absolute Gasteiger partial charge is 0.504 e. The van der Waals surface area contributed by atoms with E-state index in [2.05, 4.69) is 10.6 Å². The number of rotatable bonds is 4. The number of carbonyl (C=O) groups excluding carboxylic acids is 2. The van der Waals surface area contributed by atoms with Gasteiger partial charge in [0, 0.05) is 12.1 Å². The summed E-state index contributed by atoms with van der Waals surface area (Å²) in [5, 5.41) is 44.5. The molecule has 0 unspecified atom stereocenters. The van der Waals surface area contributed by atoms with Crippen LogP contribution in [0.25, 0.3) is 0 Å². The quantitative estimate of drug-likeness (QED) is 0.444. The van der Waals surface area contributed by atoms with E-state index < -0.39 is 23.3 Å². The summed E-state index contributed by atoms with van der Waals surface area (Å²) in [5.74, 6) is -2.89. The molecular formula is C20H22N2O6. The Bertz CT molecular complexity index is 825. The molecule has 2 aromatic carbocycles. The second kappa shape index (κ2) is 8.08. The molecule has 6 N–H and O–H groups in total. The second-order valence-corrected chi connectivity index (χ2v) is 6.79. The molecule has 2 amide bonds. The standard InChI is InChI=1S/C20H22N2O6/c23-15-9-3-5-11(17(15)25)19(27)21-13-7-1-2-8-14(13)22-20(28)12-6-4-10-16(24)18(12)26/h3-6,9-10,13-14,23-26H,1-2,7-8H2,(H,21,27)(H,22,28)/t13-,14-/m1/s1. The Morgan fingerprint density at radius 1 is 0.714 bits per heavy atom. The molecule has 1 fully saturated rings. The molecule has 0 aromatic heterocycles. The number of carbonyl (C=O) groups is 2. The minimum Gasteiger partial charge on any atom is -0.504 e. The van der Waals surface area contributed by atoms with E-state index in [4.69, 9.17) is 0 Å². The highest BCUT2D eigenvalue weighted by molar-refractivity contribution is 5.99. The minimum absolute atomic E-state index is 0.0544. The highest BCUT2D eigenvalue weighted by Crippen LogP contribution is 2.30. The van der Waals surface area contributed by atoms with Crippen LogP contribution in [0.15, 0.2) is 36.4 Å². The molecule has 8 heteroatoms. The predicted molar refractivity (Wildman–Crippen MR) is 101 cm³/mol. The molecule has 1 aliphatic carbocycles. The van der Waals surface area contributed by atoms with Crippen molar-refractivity contribution in [2.45, 2.75) is 37.8 Å². The number of amides is 2. The summed E-state index contributed by atoms with van der Waals surface area (Å²) >= 11 is 0. The van der Waals surface area contributed by atoms with Gasteiger partial charge in [0.1, 0.15) is 0 Å². The number of aromatic hydroxyl groups is 4. The predicted octanol–water partition coefficient (Wildman–Crippen LogP) is 1.98. The number of phenols is 4. The van der Waals surface area contributed by atoms with Crippen LogP contribution in [0.4, 0.5) is 0 Å². The first-order chi connectivity index (χ1) is 13.4. The van der Waals surface area contributed by atoms with E-state index in [-0.39, 0.29) is 34.7 Å². The van der Waals surface area contributed by atoms with E-state index in [1.165, 1.54) is 36.4 Å². The number of benzene rings is 2. The summed E-state index contributed by atoms with van der Waals surface area (Å²) in [6.45, 7) is 0. The zero-order valence-corrected chi connectivity index (χ0v) is 15.1. The van der Waals surface area contributed by atoms with Gasteiger partial charge in [0.25, 0.3) is 11.8 Å². The number of hydrogen-bond donors (Lipinski definition) is 6. The van der Waals surface area contributed by atoms with Crippen molar-refractivity contribution in [2.24, 2.45) is 0 Å². The van der Waals surface area contributed by atoms with Gasteiger partial charge in [-0.05, 0) is 37.1 Å². The molecule has 1 aliphatic rings. The van der Waals surface area contributed by atoms with E-state index in [1.54, 1.807) is 0 Å². The number of phenolic OH excluding ortho intramolecular Hbond substituents is 4. The highest BCUT2D eigenvalue weighted by atomic mass is 16.3. The lowest BCUT2D eigenvalue weighted by molar-refractivity contribution is 0.0859. The zero-order chi connectivity index (χ0) is 20.3. The van der Waals surface area contributed by atoms with Gasteiger partial charge in [-0.15, -0.1) is 0 Å². The molecule has 0 radical (unpaired) electrons. The van der Waals surface area contributed by atoms with Crippen molar-refractivity contribution >= 4 is 11.8 Å². The third kappa shape index (κ3) is 3.95. The number of nitrogens with one attached hydrogen (secondary N) is 2. The SMILES string of the molecule is O=C(N[C@@H]1CCCC[C@H]1NC(=O)c1cccc(O)c1O)c1cccc(O)c1O. The average molecular weight is 386 g/mol. The van der Waals surface area contributed by atoms with Gasteiger partial charge in [0.05, 0.1) is 11.1 Å². The maximum atomic E-state index is 12.5. The Hall–Kier alpha value is -3.42. The number of hydrogen-bond acceptors (Lipinski definition) is 6. The molecule has 0 heterocycles. The topological polar surface area (TPSA) is 139 Å². The summed E-state index contributed by atoms with van der Waals surface area (Å²) in [7, 11) is 0. The smallest absolute Gasteiger partial charge is 0.255 e. The molecule has 0 saturated heterocycles. The van der Waals surface area contributed by atoms with Gasteiger partial charge < -0.3 is 31.1 Å². The Morgan fingerprint density at radius 3 is 1.50 bits per heavy atom. The summed E-state index contributed by atoms with van der Waals surface area (Å²) in [4.78, 5) is 25.0. The first kappa shape index (κ1) is 19.3.